The SMILES string of the molecule is C=CC(=O)Nc1ccc(O)c(C(=O)NC2CCc3ccccc3NC2=O)c1. The fraction of sp³-hybridized carbons (Fsp3) is 0.150. The van der Waals surface area contributed by atoms with Crippen molar-refractivity contribution in [3.63, 3.8) is 0 Å². The summed E-state index contributed by atoms with van der Waals surface area (Å²) in [5.41, 5.74) is 2.03. The zero-order chi connectivity index (χ0) is 19.4. The fourth-order valence-electron chi connectivity index (χ4n) is 2.87. The fourth-order valence-corrected chi connectivity index (χ4v) is 2.87. The topological polar surface area (TPSA) is 108 Å². The van der Waals surface area contributed by atoms with E-state index in [1.54, 1.807) is 0 Å². The molecule has 0 bridgehead atoms. The van der Waals surface area contributed by atoms with Gasteiger partial charge in [-0.3, -0.25) is 14.4 Å². The first-order valence-corrected chi connectivity index (χ1v) is 8.44. The minimum absolute atomic E-state index is 0.0357. The van der Waals surface area contributed by atoms with Crippen LogP contribution in [0.4, 0.5) is 11.4 Å². The van der Waals surface area contributed by atoms with E-state index in [4.69, 9.17) is 0 Å². The van der Waals surface area contributed by atoms with Crippen LogP contribution in [0.15, 0.2) is 55.1 Å². The lowest BCUT2D eigenvalue weighted by Gasteiger charge is -2.16. The zero-order valence-electron chi connectivity index (χ0n) is 14.5. The molecule has 1 unspecified atom stereocenters. The lowest BCUT2D eigenvalue weighted by molar-refractivity contribution is -0.118. The number of phenolic OH excluding ortho intramolecular Hbond substituents is 1. The molecule has 7 nitrogen and oxygen atoms in total. The molecule has 0 radical (unpaired) electrons. The van der Waals surface area contributed by atoms with Gasteiger partial charge in [0.05, 0.1) is 5.56 Å². The van der Waals surface area contributed by atoms with Crippen LogP contribution in [0.1, 0.15) is 22.3 Å². The minimum Gasteiger partial charge on any atom is -0.507 e. The van der Waals surface area contributed by atoms with Crippen LogP contribution in [-0.4, -0.2) is 28.9 Å². The molecule has 0 aliphatic carbocycles. The first-order valence-electron chi connectivity index (χ1n) is 8.44. The number of para-hydroxylation sites is 1. The van der Waals surface area contributed by atoms with Crippen molar-refractivity contribution in [2.75, 3.05) is 10.6 Å². The van der Waals surface area contributed by atoms with Gasteiger partial charge in [-0.15, -0.1) is 0 Å². The summed E-state index contributed by atoms with van der Waals surface area (Å²) in [6, 6.07) is 10.8. The molecule has 3 amide bonds. The van der Waals surface area contributed by atoms with Crippen molar-refractivity contribution in [3.8, 4) is 5.75 Å². The molecule has 1 atom stereocenters. The maximum absolute atomic E-state index is 12.6. The van der Waals surface area contributed by atoms with Gasteiger partial charge in [0, 0.05) is 11.4 Å². The van der Waals surface area contributed by atoms with Crippen molar-refractivity contribution in [2.45, 2.75) is 18.9 Å². The molecule has 27 heavy (non-hydrogen) atoms. The Labute approximate surface area is 156 Å². The molecule has 3 rings (SSSR count). The third-order valence-corrected chi connectivity index (χ3v) is 4.29. The number of amides is 3. The smallest absolute Gasteiger partial charge is 0.255 e. The molecule has 2 aromatic carbocycles. The molecule has 0 aromatic heterocycles. The van der Waals surface area contributed by atoms with Gasteiger partial charge < -0.3 is 21.1 Å². The average molecular weight is 365 g/mol. The number of benzene rings is 2. The quantitative estimate of drug-likeness (QED) is 0.492. The molecule has 0 saturated heterocycles. The highest BCUT2D eigenvalue weighted by atomic mass is 16.3. The Kier molecular flexibility index (Phi) is 5.21. The number of rotatable bonds is 4. The number of hydrogen-bond donors (Lipinski definition) is 4. The Balaban J connectivity index is 1.75. The minimum atomic E-state index is -0.740. The highest BCUT2D eigenvalue weighted by Gasteiger charge is 2.26. The summed E-state index contributed by atoms with van der Waals surface area (Å²) in [6.45, 7) is 3.36. The van der Waals surface area contributed by atoms with E-state index < -0.39 is 17.9 Å². The van der Waals surface area contributed by atoms with Crippen LogP contribution < -0.4 is 16.0 Å². The summed E-state index contributed by atoms with van der Waals surface area (Å²) in [5.74, 6) is -1.61. The van der Waals surface area contributed by atoms with Crippen LogP contribution in [0.25, 0.3) is 0 Å². The van der Waals surface area contributed by atoms with E-state index >= 15 is 0 Å². The second-order valence-electron chi connectivity index (χ2n) is 6.14. The highest BCUT2D eigenvalue weighted by molar-refractivity contribution is 6.04. The maximum atomic E-state index is 12.6. The molecule has 0 saturated carbocycles. The van der Waals surface area contributed by atoms with Crippen LogP contribution in [0.2, 0.25) is 0 Å². The second-order valence-corrected chi connectivity index (χ2v) is 6.14. The van der Waals surface area contributed by atoms with Gasteiger partial charge >= 0.3 is 0 Å². The predicted molar refractivity (Wildman–Crippen MR) is 102 cm³/mol. The van der Waals surface area contributed by atoms with Gasteiger partial charge in [0.2, 0.25) is 11.8 Å². The summed E-state index contributed by atoms with van der Waals surface area (Å²) >= 11 is 0. The number of aryl methyl sites for hydroxylation is 1. The predicted octanol–water partition coefficient (Wildman–Crippen LogP) is 2.20. The van der Waals surface area contributed by atoms with Crippen LogP contribution in [-0.2, 0) is 16.0 Å². The molecular formula is C20H19N3O4. The Hall–Kier alpha value is -3.61. The Morgan fingerprint density at radius 2 is 2.00 bits per heavy atom. The summed E-state index contributed by atoms with van der Waals surface area (Å²) in [5, 5.41) is 18.0. The standard InChI is InChI=1S/C20H19N3O4/c1-2-18(25)21-13-8-10-17(24)14(11-13)19(26)23-16-9-7-12-5-3-4-6-15(12)22-20(16)27/h2-6,8,10-11,16,24H,1,7,9H2,(H,21,25)(H,22,27)(H,23,26). The molecule has 2 aromatic rings. The van der Waals surface area contributed by atoms with Gasteiger partial charge in [0.15, 0.2) is 0 Å². The van der Waals surface area contributed by atoms with Gasteiger partial charge in [-0.25, -0.2) is 0 Å². The Morgan fingerprint density at radius 1 is 1.22 bits per heavy atom. The largest absolute Gasteiger partial charge is 0.507 e. The van der Waals surface area contributed by atoms with E-state index in [9.17, 15) is 19.5 Å². The molecule has 4 N–H and O–H groups in total. The van der Waals surface area contributed by atoms with Crippen molar-refractivity contribution in [1.82, 2.24) is 5.32 Å². The molecule has 7 heteroatoms. The maximum Gasteiger partial charge on any atom is 0.255 e. The number of carbonyl (C=O) groups excluding carboxylic acids is 3. The third kappa shape index (κ3) is 4.14. The van der Waals surface area contributed by atoms with Crippen molar-refractivity contribution in [3.05, 3.63) is 66.2 Å². The number of aromatic hydroxyl groups is 1. The third-order valence-electron chi connectivity index (χ3n) is 4.29. The first kappa shape index (κ1) is 18.2. The normalized spacial score (nSPS) is 15.7. The number of carbonyl (C=O) groups is 3. The second kappa shape index (κ2) is 7.74. The number of fused-ring (bicyclic) bond motifs is 1. The lowest BCUT2D eigenvalue weighted by atomic mass is 10.1. The monoisotopic (exact) mass is 365 g/mol. The Morgan fingerprint density at radius 3 is 2.78 bits per heavy atom. The summed E-state index contributed by atoms with van der Waals surface area (Å²) < 4.78 is 0. The summed E-state index contributed by atoms with van der Waals surface area (Å²) in [7, 11) is 0. The lowest BCUT2D eigenvalue weighted by Crippen LogP contribution is -2.43. The average Bonchev–Trinajstić information content (AvgIpc) is 2.82. The molecule has 1 aliphatic heterocycles. The number of phenols is 1. The van der Waals surface area contributed by atoms with Gasteiger partial charge in [-0.1, -0.05) is 24.8 Å². The molecule has 1 heterocycles. The van der Waals surface area contributed by atoms with Crippen molar-refractivity contribution >= 4 is 29.1 Å². The number of nitrogens with one attached hydrogen (secondary N) is 3. The molecular weight excluding hydrogens is 346 g/mol. The van der Waals surface area contributed by atoms with E-state index in [0.29, 0.717) is 18.5 Å². The zero-order valence-corrected chi connectivity index (χ0v) is 14.5. The molecule has 0 spiro atoms. The van der Waals surface area contributed by atoms with Crippen molar-refractivity contribution in [1.29, 1.82) is 0 Å². The van der Waals surface area contributed by atoms with Gasteiger partial charge in [0.25, 0.3) is 5.91 Å². The molecule has 0 fully saturated rings. The van der Waals surface area contributed by atoms with Crippen molar-refractivity contribution < 1.29 is 19.5 Å². The van der Waals surface area contributed by atoms with Crippen LogP contribution in [0.3, 0.4) is 0 Å². The van der Waals surface area contributed by atoms with Crippen LogP contribution >= 0.6 is 0 Å². The number of anilines is 2. The molecule has 138 valence electrons. The Bertz CT molecular complexity index is 923. The van der Waals surface area contributed by atoms with Gasteiger partial charge in [-0.2, -0.15) is 0 Å². The van der Waals surface area contributed by atoms with E-state index in [2.05, 4.69) is 22.5 Å². The van der Waals surface area contributed by atoms with Gasteiger partial charge in [-0.05, 0) is 48.7 Å². The van der Waals surface area contributed by atoms with Crippen LogP contribution in [0, 0.1) is 0 Å². The van der Waals surface area contributed by atoms with Gasteiger partial charge in [0.1, 0.15) is 11.8 Å². The van der Waals surface area contributed by atoms with Crippen LogP contribution in [0.5, 0.6) is 5.75 Å². The molecule has 1 aliphatic rings. The van der Waals surface area contributed by atoms with Crippen molar-refractivity contribution in [2.24, 2.45) is 0 Å². The van der Waals surface area contributed by atoms with E-state index in [-0.39, 0.29) is 17.2 Å². The highest BCUT2D eigenvalue weighted by Crippen LogP contribution is 2.24. The number of hydrogen-bond acceptors (Lipinski definition) is 4. The van der Waals surface area contributed by atoms with E-state index in [1.165, 1.54) is 18.2 Å². The summed E-state index contributed by atoms with van der Waals surface area (Å²) in [6.07, 6.45) is 2.16. The summed E-state index contributed by atoms with van der Waals surface area (Å²) in [4.78, 5) is 36.4. The first-order chi connectivity index (χ1) is 13.0. The van der Waals surface area contributed by atoms with E-state index in [1.807, 2.05) is 24.3 Å². The van der Waals surface area contributed by atoms with E-state index in [0.717, 1.165) is 17.3 Å².